The second-order valence-electron chi connectivity index (χ2n) is 3.85. The molecule has 3 aromatic rings. The topological polar surface area (TPSA) is 18.1 Å². The van der Waals surface area contributed by atoms with Crippen LogP contribution in [0.1, 0.15) is 5.76 Å². The minimum Gasteiger partial charge on any atom is -0.452 e. The van der Waals surface area contributed by atoms with Crippen LogP contribution in [-0.2, 0) is 6.54 Å². The number of hydrogen-bond donors (Lipinski definition) is 0. The number of nitrogens with zero attached hydrogens (tertiary/aromatic N) is 1. The third-order valence-corrected chi connectivity index (χ3v) is 3.35. The molecule has 0 radical (unpaired) electrons. The quantitative estimate of drug-likeness (QED) is 0.671. The van der Waals surface area contributed by atoms with Gasteiger partial charge in [0.05, 0.1) is 6.54 Å². The molecule has 86 valence electrons. The van der Waals surface area contributed by atoms with Crippen molar-refractivity contribution in [1.82, 2.24) is 4.57 Å². The van der Waals surface area contributed by atoms with Crippen LogP contribution in [0, 0.1) is 0 Å². The molecule has 0 N–H and O–H groups in total. The van der Waals surface area contributed by atoms with E-state index in [2.05, 4.69) is 26.6 Å². The number of aromatic nitrogens is 1. The Bertz CT molecular complexity index is 671. The van der Waals surface area contributed by atoms with Crippen molar-refractivity contribution < 1.29 is 4.42 Å². The molecule has 4 heteroatoms. The molecule has 0 bridgehead atoms. The van der Waals surface area contributed by atoms with Crippen molar-refractivity contribution in [3.05, 3.63) is 58.0 Å². The molecule has 0 amide bonds. The summed E-state index contributed by atoms with van der Waals surface area (Å²) in [4.78, 5) is 0. The molecule has 0 saturated heterocycles. The van der Waals surface area contributed by atoms with Crippen LogP contribution in [0.2, 0.25) is 5.02 Å². The van der Waals surface area contributed by atoms with Crippen molar-refractivity contribution in [3.63, 3.8) is 0 Å². The highest BCUT2D eigenvalue weighted by atomic mass is 79.9. The molecule has 0 saturated carbocycles. The van der Waals surface area contributed by atoms with E-state index in [0.717, 1.165) is 21.0 Å². The molecule has 0 aliphatic carbocycles. The van der Waals surface area contributed by atoms with Crippen molar-refractivity contribution in [3.8, 4) is 0 Å². The lowest BCUT2D eigenvalue weighted by Gasteiger charge is -2.03. The van der Waals surface area contributed by atoms with Crippen LogP contribution in [0.5, 0.6) is 0 Å². The smallest absolute Gasteiger partial charge is 0.169 e. The standard InChI is InChI=1S/C13H9BrClNO/c14-13-4-3-11(17-13)8-16-6-5-9-1-2-10(15)7-12(9)16/h1-7H,8H2. The number of halogens is 2. The van der Waals surface area contributed by atoms with Gasteiger partial charge in [-0.05, 0) is 51.6 Å². The predicted molar refractivity (Wildman–Crippen MR) is 72.5 cm³/mol. The highest BCUT2D eigenvalue weighted by Gasteiger charge is 2.05. The molecule has 0 atom stereocenters. The zero-order valence-corrected chi connectivity index (χ0v) is 11.2. The van der Waals surface area contributed by atoms with E-state index in [1.165, 1.54) is 5.39 Å². The number of rotatable bonds is 2. The van der Waals surface area contributed by atoms with Gasteiger partial charge < -0.3 is 8.98 Å². The average molecular weight is 311 g/mol. The zero-order chi connectivity index (χ0) is 11.8. The lowest BCUT2D eigenvalue weighted by atomic mass is 10.2. The van der Waals surface area contributed by atoms with Gasteiger partial charge in [-0.15, -0.1) is 0 Å². The molecule has 17 heavy (non-hydrogen) atoms. The average Bonchev–Trinajstić information content (AvgIpc) is 2.87. The maximum atomic E-state index is 6.01. The van der Waals surface area contributed by atoms with E-state index < -0.39 is 0 Å². The summed E-state index contributed by atoms with van der Waals surface area (Å²) < 4.78 is 8.37. The van der Waals surface area contributed by atoms with Crippen molar-refractivity contribution in [2.24, 2.45) is 0 Å². The predicted octanol–water partition coefficient (Wildman–Crippen LogP) is 4.70. The van der Waals surface area contributed by atoms with Gasteiger partial charge in [-0.2, -0.15) is 0 Å². The van der Waals surface area contributed by atoms with Crippen LogP contribution in [0.4, 0.5) is 0 Å². The highest BCUT2D eigenvalue weighted by molar-refractivity contribution is 9.10. The molecule has 2 heterocycles. The molecular weight excluding hydrogens is 302 g/mol. The van der Waals surface area contributed by atoms with Crippen LogP contribution < -0.4 is 0 Å². The molecule has 0 fully saturated rings. The van der Waals surface area contributed by atoms with Crippen molar-refractivity contribution >= 4 is 38.4 Å². The maximum Gasteiger partial charge on any atom is 0.169 e. The van der Waals surface area contributed by atoms with E-state index in [1.807, 2.05) is 36.5 Å². The van der Waals surface area contributed by atoms with Gasteiger partial charge in [0, 0.05) is 16.7 Å². The maximum absolute atomic E-state index is 6.01. The van der Waals surface area contributed by atoms with Gasteiger partial charge in [-0.1, -0.05) is 17.7 Å². The van der Waals surface area contributed by atoms with Gasteiger partial charge in [-0.3, -0.25) is 0 Å². The van der Waals surface area contributed by atoms with Crippen LogP contribution in [0.15, 0.2) is 51.7 Å². The van der Waals surface area contributed by atoms with E-state index in [1.54, 1.807) is 0 Å². The largest absolute Gasteiger partial charge is 0.452 e. The Hall–Kier alpha value is -1.19. The summed E-state index contributed by atoms with van der Waals surface area (Å²) in [5, 5.41) is 1.93. The molecule has 0 aliphatic heterocycles. The molecule has 2 nitrogen and oxygen atoms in total. The summed E-state index contributed by atoms with van der Waals surface area (Å²) in [6.45, 7) is 0.704. The Morgan fingerprint density at radius 3 is 2.82 bits per heavy atom. The first-order chi connectivity index (χ1) is 8.22. The van der Waals surface area contributed by atoms with Gasteiger partial charge in [-0.25, -0.2) is 0 Å². The van der Waals surface area contributed by atoms with Gasteiger partial charge in [0.25, 0.3) is 0 Å². The Kier molecular flexibility index (Phi) is 2.73. The third kappa shape index (κ3) is 2.13. The number of furan rings is 1. The Morgan fingerprint density at radius 2 is 2.06 bits per heavy atom. The molecule has 0 spiro atoms. The lowest BCUT2D eigenvalue weighted by Crippen LogP contribution is -1.95. The summed E-state index contributed by atoms with van der Waals surface area (Å²) in [6.07, 6.45) is 2.04. The molecule has 0 aliphatic rings. The summed E-state index contributed by atoms with van der Waals surface area (Å²) in [7, 11) is 0. The van der Waals surface area contributed by atoms with Gasteiger partial charge >= 0.3 is 0 Å². The second kappa shape index (κ2) is 4.24. The second-order valence-corrected chi connectivity index (χ2v) is 5.07. The van der Waals surface area contributed by atoms with Crippen LogP contribution in [0.3, 0.4) is 0 Å². The van der Waals surface area contributed by atoms with Crippen molar-refractivity contribution in [2.75, 3.05) is 0 Å². The van der Waals surface area contributed by atoms with E-state index >= 15 is 0 Å². The van der Waals surface area contributed by atoms with Gasteiger partial charge in [0.2, 0.25) is 0 Å². The van der Waals surface area contributed by atoms with E-state index in [0.29, 0.717) is 6.54 Å². The molecule has 0 unspecified atom stereocenters. The van der Waals surface area contributed by atoms with E-state index in [-0.39, 0.29) is 0 Å². The van der Waals surface area contributed by atoms with E-state index in [4.69, 9.17) is 16.0 Å². The van der Waals surface area contributed by atoms with Crippen LogP contribution in [0.25, 0.3) is 10.9 Å². The van der Waals surface area contributed by atoms with Gasteiger partial charge in [0.15, 0.2) is 4.67 Å². The van der Waals surface area contributed by atoms with Crippen molar-refractivity contribution in [1.29, 1.82) is 0 Å². The SMILES string of the molecule is Clc1ccc2ccn(Cc3ccc(Br)o3)c2c1. The lowest BCUT2D eigenvalue weighted by molar-refractivity contribution is 0.477. The fourth-order valence-electron chi connectivity index (χ4n) is 1.90. The molecule has 1 aromatic carbocycles. The zero-order valence-electron chi connectivity index (χ0n) is 8.86. The number of benzene rings is 1. The summed E-state index contributed by atoms with van der Waals surface area (Å²) in [6, 6.07) is 11.8. The fraction of sp³-hybridized carbons (Fsp3) is 0.0769. The Morgan fingerprint density at radius 1 is 1.18 bits per heavy atom. The van der Waals surface area contributed by atoms with Crippen LogP contribution >= 0.6 is 27.5 Å². The Balaban J connectivity index is 2.03. The minimum atomic E-state index is 0.704. The molecule has 3 rings (SSSR count). The first-order valence-electron chi connectivity index (χ1n) is 5.21. The van der Waals surface area contributed by atoms with Crippen LogP contribution in [-0.4, -0.2) is 4.57 Å². The highest BCUT2D eigenvalue weighted by Crippen LogP contribution is 2.22. The summed E-state index contributed by atoms with van der Waals surface area (Å²) in [5.74, 6) is 0.911. The van der Waals surface area contributed by atoms with E-state index in [9.17, 15) is 0 Å². The number of hydrogen-bond acceptors (Lipinski definition) is 1. The first-order valence-corrected chi connectivity index (χ1v) is 6.38. The molecule has 2 aromatic heterocycles. The normalized spacial score (nSPS) is 11.2. The monoisotopic (exact) mass is 309 g/mol. The minimum absolute atomic E-state index is 0.704. The summed E-state index contributed by atoms with van der Waals surface area (Å²) >= 11 is 9.31. The molecular formula is C13H9BrClNO. The summed E-state index contributed by atoms with van der Waals surface area (Å²) in [5.41, 5.74) is 1.12. The number of fused-ring (bicyclic) bond motifs is 1. The van der Waals surface area contributed by atoms with Gasteiger partial charge in [0.1, 0.15) is 5.76 Å². The fourth-order valence-corrected chi connectivity index (χ4v) is 2.41. The third-order valence-electron chi connectivity index (χ3n) is 2.69. The van der Waals surface area contributed by atoms with Crippen molar-refractivity contribution in [2.45, 2.75) is 6.54 Å². The first kappa shape index (κ1) is 10.9. The Labute approximate surface area is 112 Å².